The van der Waals surface area contributed by atoms with Crippen molar-refractivity contribution in [2.45, 2.75) is 13.0 Å². The van der Waals surface area contributed by atoms with Gasteiger partial charge in [-0.3, -0.25) is 9.36 Å². The third-order valence-corrected chi connectivity index (χ3v) is 3.54. The van der Waals surface area contributed by atoms with Crippen molar-refractivity contribution in [3.63, 3.8) is 0 Å². The fourth-order valence-corrected chi connectivity index (χ4v) is 2.53. The molecule has 2 N–H and O–H groups in total. The molecule has 0 aliphatic carbocycles. The van der Waals surface area contributed by atoms with Gasteiger partial charge in [-0.1, -0.05) is 24.3 Å². The van der Waals surface area contributed by atoms with E-state index in [4.69, 9.17) is 10.5 Å². The van der Waals surface area contributed by atoms with E-state index in [9.17, 15) is 14.0 Å². The molecule has 0 saturated heterocycles. The van der Waals surface area contributed by atoms with Crippen molar-refractivity contribution in [2.24, 2.45) is 5.73 Å². The van der Waals surface area contributed by atoms with E-state index in [0.29, 0.717) is 5.69 Å². The summed E-state index contributed by atoms with van der Waals surface area (Å²) < 4.78 is 20.3. The number of nitrogens with two attached hydrogens (primary N) is 1. The molecule has 6 nitrogen and oxygen atoms in total. The number of fused-ring (bicyclic) bond motifs is 1. The van der Waals surface area contributed by atoms with E-state index >= 15 is 0 Å². The first kappa shape index (κ1) is 15.7. The Balaban J connectivity index is 2.37. The highest BCUT2D eigenvalue weighted by molar-refractivity contribution is 5.78. The molecule has 0 bridgehead atoms. The minimum absolute atomic E-state index is 0.128. The van der Waals surface area contributed by atoms with Crippen molar-refractivity contribution in [3.8, 4) is 5.69 Å². The number of hydrogen-bond donors (Lipinski definition) is 1. The van der Waals surface area contributed by atoms with Crippen LogP contribution >= 0.6 is 0 Å². The second kappa shape index (κ2) is 6.11. The first-order chi connectivity index (χ1) is 11.5. The van der Waals surface area contributed by atoms with Crippen molar-refractivity contribution in [1.29, 1.82) is 0 Å². The van der Waals surface area contributed by atoms with Gasteiger partial charge in [0.25, 0.3) is 5.56 Å². The molecule has 0 spiro atoms. The molecular formula is C17H14FN3O3. The first-order valence-corrected chi connectivity index (χ1v) is 7.21. The lowest BCUT2D eigenvalue weighted by Crippen LogP contribution is -2.28. The average molecular weight is 327 g/mol. The summed E-state index contributed by atoms with van der Waals surface area (Å²) in [6.45, 7) is 1.54. The lowest BCUT2D eigenvalue weighted by Gasteiger charge is -2.18. The van der Waals surface area contributed by atoms with Gasteiger partial charge in [-0.2, -0.15) is 0 Å². The summed E-state index contributed by atoms with van der Waals surface area (Å²) in [5.41, 5.74) is 5.14. The van der Waals surface area contributed by atoms with E-state index in [2.05, 4.69) is 4.98 Å². The molecule has 1 heterocycles. The molecular weight excluding hydrogens is 313 g/mol. The predicted octanol–water partition coefficient (Wildman–Crippen LogP) is 2.68. The Morgan fingerprint density at radius 2 is 1.92 bits per heavy atom. The summed E-state index contributed by atoms with van der Waals surface area (Å²) in [7, 11) is 0. The van der Waals surface area contributed by atoms with Crippen LogP contribution in [0.1, 0.15) is 18.9 Å². The Bertz CT molecular complexity index is 970. The lowest BCUT2D eigenvalue weighted by atomic mass is 10.2. The van der Waals surface area contributed by atoms with Crippen LogP contribution in [0.15, 0.2) is 53.3 Å². The van der Waals surface area contributed by atoms with Gasteiger partial charge in [0, 0.05) is 0 Å². The Kier molecular flexibility index (Phi) is 3.99. The van der Waals surface area contributed by atoms with Crippen LogP contribution in [0.25, 0.3) is 16.6 Å². The molecule has 1 atom stereocenters. The van der Waals surface area contributed by atoms with Crippen LogP contribution in [0.2, 0.25) is 0 Å². The van der Waals surface area contributed by atoms with Crippen LogP contribution in [0.4, 0.5) is 9.18 Å². The van der Waals surface area contributed by atoms with Gasteiger partial charge in [0.05, 0.1) is 11.2 Å². The van der Waals surface area contributed by atoms with Crippen LogP contribution in [-0.4, -0.2) is 15.6 Å². The molecule has 122 valence electrons. The van der Waals surface area contributed by atoms with Gasteiger partial charge in [-0.05, 0) is 31.2 Å². The molecule has 0 radical (unpaired) electrons. The smallest absolute Gasteiger partial charge is 0.405 e. The molecule has 1 amide bonds. The zero-order chi connectivity index (χ0) is 17.3. The van der Waals surface area contributed by atoms with Gasteiger partial charge >= 0.3 is 6.09 Å². The number of primary amides is 1. The quantitative estimate of drug-likeness (QED) is 0.801. The Morgan fingerprint density at radius 1 is 1.21 bits per heavy atom. The molecule has 0 aliphatic heterocycles. The van der Waals surface area contributed by atoms with Crippen molar-refractivity contribution in [2.75, 3.05) is 0 Å². The van der Waals surface area contributed by atoms with E-state index in [1.54, 1.807) is 30.3 Å². The number of benzene rings is 2. The molecule has 0 fully saturated rings. The third-order valence-electron chi connectivity index (χ3n) is 3.54. The molecule has 2 aromatic carbocycles. The van der Waals surface area contributed by atoms with E-state index < -0.39 is 23.6 Å². The van der Waals surface area contributed by atoms with Crippen molar-refractivity contribution in [1.82, 2.24) is 9.55 Å². The Hall–Kier alpha value is -3.22. The van der Waals surface area contributed by atoms with Crippen molar-refractivity contribution in [3.05, 3.63) is 70.5 Å². The van der Waals surface area contributed by atoms with E-state index in [-0.39, 0.29) is 16.7 Å². The summed E-state index contributed by atoms with van der Waals surface area (Å²) in [6.07, 6.45) is -1.88. The third kappa shape index (κ3) is 2.71. The van der Waals surface area contributed by atoms with E-state index in [1.165, 1.54) is 29.7 Å². The van der Waals surface area contributed by atoms with Gasteiger partial charge in [0.2, 0.25) is 0 Å². The van der Waals surface area contributed by atoms with Crippen LogP contribution in [-0.2, 0) is 4.74 Å². The largest absolute Gasteiger partial charge is 0.439 e. The number of carbonyl (C=O) groups is 1. The minimum atomic E-state index is -0.990. The maximum absolute atomic E-state index is 14.1. The second-order valence-electron chi connectivity index (χ2n) is 5.16. The molecule has 0 aliphatic rings. The molecule has 3 aromatic rings. The van der Waals surface area contributed by atoms with Crippen LogP contribution < -0.4 is 11.3 Å². The second-order valence-corrected chi connectivity index (χ2v) is 5.16. The summed E-state index contributed by atoms with van der Waals surface area (Å²) in [4.78, 5) is 28.2. The number of nitrogens with zero attached hydrogens (tertiary/aromatic N) is 2. The summed E-state index contributed by atoms with van der Waals surface area (Å²) in [6, 6.07) is 12.8. The molecule has 1 aromatic heterocycles. The summed E-state index contributed by atoms with van der Waals surface area (Å²) in [5, 5.41) is -0.128. The van der Waals surface area contributed by atoms with Crippen molar-refractivity contribution < 1.29 is 13.9 Å². The van der Waals surface area contributed by atoms with Crippen molar-refractivity contribution >= 4 is 17.0 Å². The topological polar surface area (TPSA) is 87.2 Å². The van der Waals surface area contributed by atoms with Gasteiger partial charge < -0.3 is 10.5 Å². The molecule has 24 heavy (non-hydrogen) atoms. The first-order valence-electron chi connectivity index (χ1n) is 7.21. The van der Waals surface area contributed by atoms with Gasteiger partial charge in [-0.25, -0.2) is 14.2 Å². The molecule has 7 heteroatoms. The summed E-state index contributed by atoms with van der Waals surface area (Å²) >= 11 is 0. The predicted molar refractivity (Wildman–Crippen MR) is 86.4 cm³/mol. The number of carbonyl (C=O) groups excluding carboxylic acids is 1. The van der Waals surface area contributed by atoms with Gasteiger partial charge in [0.15, 0.2) is 11.9 Å². The standard InChI is InChI=1S/C17H14FN3O3/c1-10(24-17(19)23)15-20-13-9-5-8-12(18)14(13)16(22)21(15)11-6-3-2-4-7-11/h2-10H,1H3,(H2,19,23). The van der Waals surface area contributed by atoms with E-state index in [0.717, 1.165) is 0 Å². The van der Waals surface area contributed by atoms with Crippen LogP contribution in [0.5, 0.6) is 0 Å². The van der Waals surface area contributed by atoms with E-state index in [1.807, 2.05) is 0 Å². The lowest BCUT2D eigenvalue weighted by molar-refractivity contribution is 0.110. The highest BCUT2D eigenvalue weighted by Crippen LogP contribution is 2.21. The zero-order valence-electron chi connectivity index (χ0n) is 12.8. The Labute approximate surface area is 136 Å². The fraction of sp³-hybridized carbons (Fsp3) is 0.118. The summed E-state index contributed by atoms with van der Waals surface area (Å²) in [5.74, 6) is -0.507. The average Bonchev–Trinajstić information content (AvgIpc) is 2.54. The van der Waals surface area contributed by atoms with Crippen LogP contribution in [0, 0.1) is 5.82 Å². The van der Waals surface area contributed by atoms with Gasteiger partial charge in [0.1, 0.15) is 11.2 Å². The van der Waals surface area contributed by atoms with Gasteiger partial charge in [-0.15, -0.1) is 0 Å². The SMILES string of the molecule is CC(OC(N)=O)c1nc2cccc(F)c2c(=O)n1-c1ccccc1. The minimum Gasteiger partial charge on any atom is -0.439 e. The number of rotatable bonds is 3. The molecule has 3 rings (SSSR count). The Morgan fingerprint density at radius 3 is 2.58 bits per heavy atom. The number of amides is 1. The number of halogens is 1. The zero-order valence-corrected chi connectivity index (χ0v) is 12.8. The highest BCUT2D eigenvalue weighted by atomic mass is 19.1. The maximum Gasteiger partial charge on any atom is 0.405 e. The number of aromatic nitrogens is 2. The highest BCUT2D eigenvalue weighted by Gasteiger charge is 2.21. The fourth-order valence-electron chi connectivity index (χ4n) is 2.53. The number of ether oxygens (including phenoxy) is 1. The van der Waals surface area contributed by atoms with Crippen LogP contribution in [0.3, 0.4) is 0 Å². The molecule has 1 unspecified atom stereocenters. The normalized spacial score (nSPS) is 12.1. The maximum atomic E-state index is 14.1. The number of hydrogen-bond acceptors (Lipinski definition) is 4. The molecule has 0 saturated carbocycles. The number of para-hydroxylation sites is 1. The monoisotopic (exact) mass is 327 g/mol.